The van der Waals surface area contributed by atoms with Crippen molar-refractivity contribution in [2.45, 2.75) is 0 Å². The van der Waals surface area contributed by atoms with Crippen molar-refractivity contribution < 1.29 is 18.7 Å². The molecule has 3 heterocycles. The Balaban J connectivity index is 1.37. The number of amides is 1. The van der Waals surface area contributed by atoms with Gasteiger partial charge in [0.15, 0.2) is 0 Å². The summed E-state index contributed by atoms with van der Waals surface area (Å²) in [7, 11) is 3.55. The van der Waals surface area contributed by atoms with Gasteiger partial charge in [-0.1, -0.05) is 0 Å². The first-order valence-corrected chi connectivity index (χ1v) is 10.3. The molecule has 2 aromatic heterocycles. The van der Waals surface area contributed by atoms with E-state index in [1.54, 1.807) is 12.3 Å². The van der Waals surface area contributed by atoms with Crippen molar-refractivity contribution in [2.75, 3.05) is 33.9 Å². The summed E-state index contributed by atoms with van der Waals surface area (Å²) in [5.74, 6) is 0.469. The number of carbonyl (C=O) groups excluding carboxylic acids is 1. The van der Waals surface area contributed by atoms with E-state index in [0.29, 0.717) is 35.4 Å². The third-order valence-electron chi connectivity index (χ3n) is 5.08. The molecule has 0 aliphatic carbocycles. The maximum Gasteiger partial charge on any atom is 0.291 e. The van der Waals surface area contributed by atoms with E-state index in [2.05, 4.69) is 37.4 Å². The van der Waals surface area contributed by atoms with Crippen LogP contribution in [-0.4, -0.2) is 65.8 Å². The maximum atomic E-state index is 13.8. The van der Waals surface area contributed by atoms with Crippen molar-refractivity contribution in [3.05, 3.63) is 66.0 Å². The number of carbonyl (C=O) groups is 1. The second-order valence-electron chi connectivity index (χ2n) is 7.66. The zero-order chi connectivity index (χ0) is 23.2. The Bertz CT molecular complexity index is 1150. The minimum atomic E-state index is -0.581. The summed E-state index contributed by atoms with van der Waals surface area (Å²) in [5, 5.41) is 3.80. The van der Waals surface area contributed by atoms with Crippen LogP contribution in [0.3, 0.4) is 0 Å². The first-order valence-electron chi connectivity index (χ1n) is 10.3. The molecule has 1 aliphatic heterocycles. The lowest BCUT2D eigenvalue weighted by atomic mass is 10.0. The number of hydrogen-bond donors (Lipinski definition) is 1. The van der Waals surface area contributed by atoms with Crippen LogP contribution in [-0.2, 0) is 0 Å². The van der Waals surface area contributed by atoms with Gasteiger partial charge in [0.25, 0.3) is 5.91 Å². The normalized spacial score (nSPS) is 14.2. The topological polar surface area (TPSA) is 102 Å². The first-order chi connectivity index (χ1) is 16.0. The Hall–Kier alpha value is -3.92. The molecule has 33 heavy (non-hydrogen) atoms. The number of pyridine rings is 1. The Kier molecular flexibility index (Phi) is 6.84. The van der Waals surface area contributed by atoms with E-state index in [4.69, 9.17) is 9.47 Å². The Morgan fingerprint density at radius 3 is 2.85 bits per heavy atom. The van der Waals surface area contributed by atoms with Gasteiger partial charge >= 0.3 is 0 Å². The van der Waals surface area contributed by atoms with Gasteiger partial charge in [0.2, 0.25) is 5.88 Å². The molecular formula is C23H23FN6O3. The summed E-state index contributed by atoms with van der Waals surface area (Å²) in [4.78, 5) is 27.3. The quantitative estimate of drug-likeness (QED) is 0.415. The fourth-order valence-corrected chi connectivity index (χ4v) is 3.33. The first kappa shape index (κ1) is 22.3. The highest BCUT2D eigenvalue weighted by atomic mass is 19.1. The van der Waals surface area contributed by atoms with E-state index in [1.807, 2.05) is 6.07 Å². The summed E-state index contributed by atoms with van der Waals surface area (Å²) in [6, 6.07) is 7.79. The number of benzene rings is 1. The molecular weight excluding hydrogens is 427 g/mol. The number of hydrazone groups is 1. The van der Waals surface area contributed by atoms with Crippen LogP contribution < -0.4 is 14.9 Å². The van der Waals surface area contributed by atoms with E-state index >= 15 is 0 Å². The minimum absolute atomic E-state index is 0.0604. The average molecular weight is 450 g/mol. The summed E-state index contributed by atoms with van der Waals surface area (Å²) < 4.78 is 24.6. The Labute approximate surface area is 190 Å². The number of nitrogens with one attached hydrogen (secondary N) is 1. The van der Waals surface area contributed by atoms with Gasteiger partial charge in [-0.05, 0) is 31.3 Å². The van der Waals surface area contributed by atoms with Crippen LogP contribution in [0, 0.1) is 11.7 Å². The molecule has 0 atom stereocenters. The number of likely N-dealkylation sites (tertiary alicyclic amines) is 1. The van der Waals surface area contributed by atoms with Gasteiger partial charge in [-0.25, -0.2) is 19.8 Å². The summed E-state index contributed by atoms with van der Waals surface area (Å²) in [6.07, 6.45) is 5.67. The smallest absolute Gasteiger partial charge is 0.291 e. The molecule has 1 N–H and O–H groups in total. The SMILES string of the molecule is COc1ccc(F)c(/C=N/NC(=O)c2cncc(-c3ccc(OCC4CN(C)C4)nc3)n2)c1. The molecule has 0 unspecified atom stereocenters. The number of halogens is 1. The van der Waals surface area contributed by atoms with Gasteiger partial charge in [0, 0.05) is 42.4 Å². The van der Waals surface area contributed by atoms with Gasteiger partial charge in [-0.2, -0.15) is 5.10 Å². The number of methoxy groups -OCH3 is 1. The average Bonchev–Trinajstić information content (AvgIpc) is 2.82. The highest BCUT2D eigenvalue weighted by Crippen LogP contribution is 2.20. The molecule has 1 amide bonds. The lowest BCUT2D eigenvalue weighted by Crippen LogP contribution is -2.46. The molecule has 1 aliphatic rings. The van der Waals surface area contributed by atoms with Crippen LogP contribution in [0.4, 0.5) is 4.39 Å². The predicted molar refractivity (Wildman–Crippen MR) is 120 cm³/mol. The van der Waals surface area contributed by atoms with E-state index < -0.39 is 11.7 Å². The van der Waals surface area contributed by atoms with Crippen LogP contribution in [0.5, 0.6) is 11.6 Å². The Morgan fingerprint density at radius 1 is 1.27 bits per heavy atom. The van der Waals surface area contributed by atoms with Crippen molar-refractivity contribution in [1.82, 2.24) is 25.3 Å². The second-order valence-corrected chi connectivity index (χ2v) is 7.66. The molecule has 1 saturated heterocycles. The summed E-state index contributed by atoms with van der Waals surface area (Å²) >= 11 is 0. The summed E-state index contributed by atoms with van der Waals surface area (Å²) in [5.41, 5.74) is 3.72. The second kappa shape index (κ2) is 10.1. The molecule has 9 nitrogen and oxygen atoms in total. The molecule has 0 saturated carbocycles. The minimum Gasteiger partial charge on any atom is -0.497 e. The number of hydrogen-bond acceptors (Lipinski definition) is 8. The number of nitrogens with zero attached hydrogens (tertiary/aromatic N) is 5. The van der Waals surface area contributed by atoms with E-state index in [-0.39, 0.29) is 11.3 Å². The lowest BCUT2D eigenvalue weighted by Gasteiger charge is -2.35. The molecule has 3 aromatic rings. The molecule has 10 heteroatoms. The van der Waals surface area contributed by atoms with Gasteiger partial charge in [-0.3, -0.25) is 9.78 Å². The van der Waals surface area contributed by atoms with Crippen molar-refractivity contribution >= 4 is 12.1 Å². The van der Waals surface area contributed by atoms with Gasteiger partial charge < -0.3 is 14.4 Å². The highest BCUT2D eigenvalue weighted by Gasteiger charge is 2.23. The molecule has 0 bridgehead atoms. The number of aromatic nitrogens is 3. The fourth-order valence-electron chi connectivity index (χ4n) is 3.33. The Morgan fingerprint density at radius 2 is 2.12 bits per heavy atom. The van der Waals surface area contributed by atoms with Crippen LogP contribution in [0.15, 0.2) is 54.0 Å². The van der Waals surface area contributed by atoms with E-state index in [9.17, 15) is 9.18 Å². The highest BCUT2D eigenvalue weighted by molar-refractivity contribution is 5.93. The van der Waals surface area contributed by atoms with E-state index in [0.717, 1.165) is 13.1 Å². The van der Waals surface area contributed by atoms with Crippen molar-refractivity contribution in [3.8, 4) is 22.9 Å². The molecule has 0 radical (unpaired) electrons. The van der Waals surface area contributed by atoms with Crippen molar-refractivity contribution in [3.63, 3.8) is 0 Å². The molecule has 1 aromatic carbocycles. The van der Waals surface area contributed by atoms with E-state index in [1.165, 1.54) is 43.9 Å². The summed E-state index contributed by atoms with van der Waals surface area (Å²) in [6.45, 7) is 2.69. The number of rotatable bonds is 8. The largest absolute Gasteiger partial charge is 0.497 e. The van der Waals surface area contributed by atoms with Gasteiger partial charge in [0.1, 0.15) is 17.3 Å². The van der Waals surface area contributed by atoms with Crippen LogP contribution in [0.2, 0.25) is 0 Å². The van der Waals surface area contributed by atoms with Gasteiger partial charge in [-0.15, -0.1) is 0 Å². The van der Waals surface area contributed by atoms with Crippen LogP contribution in [0.25, 0.3) is 11.3 Å². The van der Waals surface area contributed by atoms with Crippen LogP contribution >= 0.6 is 0 Å². The molecule has 0 spiro atoms. The predicted octanol–water partition coefficient (Wildman–Crippen LogP) is 2.39. The maximum absolute atomic E-state index is 13.8. The zero-order valence-corrected chi connectivity index (χ0v) is 18.2. The monoisotopic (exact) mass is 450 g/mol. The molecule has 170 valence electrons. The number of ether oxygens (including phenoxy) is 2. The van der Waals surface area contributed by atoms with Gasteiger partial charge in [0.05, 0.1) is 38.0 Å². The molecule has 1 fully saturated rings. The third-order valence-corrected chi connectivity index (χ3v) is 5.08. The fraction of sp³-hybridized carbons (Fsp3) is 0.261. The van der Waals surface area contributed by atoms with Crippen molar-refractivity contribution in [1.29, 1.82) is 0 Å². The lowest BCUT2D eigenvalue weighted by molar-refractivity contribution is 0.0839. The van der Waals surface area contributed by atoms with Crippen LogP contribution in [0.1, 0.15) is 16.1 Å². The third kappa shape index (κ3) is 5.66. The molecule has 4 rings (SSSR count). The standard InChI is InChI=1S/C23H23FN6O3/c1-30-12-15(13-30)14-33-22-6-3-16(8-26-22)20-10-25-11-21(28-20)23(31)29-27-9-17-7-18(32-2)4-5-19(17)24/h3-11,15H,12-14H2,1-2H3,(H,29,31)/b27-9+. The van der Waals surface area contributed by atoms with Crippen molar-refractivity contribution in [2.24, 2.45) is 11.0 Å². The zero-order valence-electron chi connectivity index (χ0n) is 18.2.